The molecule has 1 atom stereocenters. The van der Waals surface area contributed by atoms with Gasteiger partial charge in [0.25, 0.3) is 0 Å². The summed E-state index contributed by atoms with van der Waals surface area (Å²) in [6, 6.07) is 13.1. The zero-order chi connectivity index (χ0) is 23.4. The van der Waals surface area contributed by atoms with Gasteiger partial charge in [0.2, 0.25) is 17.7 Å². The van der Waals surface area contributed by atoms with Crippen molar-refractivity contribution in [2.45, 2.75) is 53.1 Å². The summed E-state index contributed by atoms with van der Waals surface area (Å²) in [6.45, 7) is 8.22. The molecular formula is C26H33N3O3. The molecule has 0 radical (unpaired) electrons. The first-order chi connectivity index (χ1) is 15.2. The van der Waals surface area contributed by atoms with Crippen LogP contribution in [-0.4, -0.2) is 47.2 Å². The molecule has 1 unspecified atom stereocenters. The van der Waals surface area contributed by atoms with Crippen LogP contribution in [0.5, 0.6) is 0 Å². The Bertz CT molecular complexity index is 995. The Kier molecular flexibility index (Phi) is 7.33. The van der Waals surface area contributed by atoms with Gasteiger partial charge >= 0.3 is 0 Å². The molecule has 32 heavy (non-hydrogen) atoms. The summed E-state index contributed by atoms with van der Waals surface area (Å²) >= 11 is 0. The van der Waals surface area contributed by atoms with E-state index in [1.807, 2.05) is 70.2 Å². The lowest BCUT2D eigenvalue weighted by Gasteiger charge is -2.38. The van der Waals surface area contributed by atoms with Crippen molar-refractivity contribution in [3.05, 3.63) is 64.7 Å². The number of nitrogens with zero attached hydrogens (tertiary/aromatic N) is 2. The van der Waals surface area contributed by atoms with Gasteiger partial charge in [-0.2, -0.15) is 0 Å². The molecule has 0 saturated carbocycles. The lowest BCUT2D eigenvalue weighted by molar-refractivity contribution is -0.147. The number of amides is 3. The normalized spacial score (nSPS) is 15.3. The van der Waals surface area contributed by atoms with Gasteiger partial charge in [-0.3, -0.25) is 14.4 Å². The van der Waals surface area contributed by atoms with Crippen LogP contribution in [0.1, 0.15) is 42.5 Å². The highest BCUT2D eigenvalue weighted by molar-refractivity contribution is 5.97. The van der Waals surface area contributed by atoms with E-state index in [0.717, 1.165) is 27.9 Å². The van der Waals surface area contributed by atoms with E-state index in [2.05, 4.69) is 5.32 Å². The fraction of sp³-hybridized carbons (Fsp3) is 0.423. The highest BCUT2D eigenvalue weighted by Gasteiger charge is 2.36. The molecule has 170 valence electrons. The van der Waals surface area contributed by atoms with Gasteiger partial charge in [0.05, 0.1) is 6.54 Å². The molecule has 0 spiro atoms. The molecule has 0 aromatic heterocycles. The van der Waals surface area contributed by atoms with Crippen molar-refractivity contribution in [1.82, 2.24) is 9.80 Å². The van der Waals surface area contributed by atoms with Crippen molar-refractivity contribution in [2.24, 2.45) is 5.92 Å². The molecule has 1 N–H and O–H groups in total. The van der Waals surface area contributed by atoms with E-state index in [1.54, 1.807) is 11.9 Å². The molecule has 3 amide bonds. The second kappa shape index (κ2) is 9.98. The molecule has 3 rings (SSSR count). The number of benzene rings is 2. The lowest BCUT2D eigenvalue weighted by atomic mass is 9.92. The lowest BCUT2D eigenvalue weighted by Crippen LogP contribution is -2.54. The van der Waals surface area contributed by atoms with Crippen molar-refractivity contribution in [1.29, 1.82) is 0 Å². The van der Waals surface area contributed by atoms with Crippen LogP contribution in [0.15, 0.2) is 42.5 Å². The number of nitrogens with one attached hydrogen (secondary N) is 1. The maximum Gasteiger partial charge on any atom is 0.245 e. The molecule has 0 fully saturated rings. The van der Waals surface area contributed by atoms with Gasteiger partial charge in [-0.05, 0) is 42.0 Å². The smallest absolute Gasteiger partial charge is 0.245 e. The Morgan fingerprint density at radius 3 is 2.28 bits per heavy atom. The zero-order valence-corrected chi connectivity index (χ0v) is 19.6. The minimum absolute atomic E-state index is 0.0266. The largest absolute Gasteiger partial charge is 0.335 e. The molecule has 0 aliphatic carbocycles. The number of aryl methyl sites for hydroxylation is 2. The van der Waals surface area contributed by atoms with E-state index in [9.17, 15) is 14.4 Å². The fourth-order valence-electron chi connectivity index (χ4n) is 4.21. The minimum Gasteiger partial charge on any atom is -0.335 e. The topological polar surface area (TPSA) is 69.7 Å². The molecule has 1 aliphatic heterocycles. The van der Waals surface area contributed by atoms with Crippen LogP contribution in [0.3, 0.4) is 0 Å². The number of fused-ring (bicyclic) bond motifs is 1. The van der Waals surface area contributed by atoms with E-state index in [4.69, 9.17) is 0 Å². The Morgan fingerprint density at radius 1 is 1.03 bits per heavy atom. The van der Waals surface area contributed by atoms with Crippen molar-refractivity contribution in [3.8, 4) is 0 Å². The number of anilines is 1. The third-order valence-corrected chi connectivity index (χ3v) is 5.94. The van der Waals surface area contributed by atoms with Crippen LogP contribution in [0, 0.1) is 19.8 Å². The van der Waals surface area contributed by atoms with Crippen molar-refractivity contribution in [3.63, 3.8) is 0 Å². The van der Waals surface area contributed by atoms with Crippen LogP contribution in [-0.2, 0) is 27.3 Å². The summed E-state index contributed by atoms with van der Waals surface area (Å²) in [5, 5.41) is 2.93. The first-order valence-corrected chi connectivity index (χ1v) is 11.1. The quantitative estimate of drug-likeness (QED) is 0.752. The molecule has 2 aromatic carbocycles. The Morgan fingerprint density at radius 2 is 1.66 bits per heavy atom. The van der Waals surface area contributed by atoms with Gasteiger partial charge < -0.3 is 15.1 Å². The number of carbonyl (C=O) groups is 3. The third kappa shape index (κ3) is 5.36. The van der Waals surface area contributed by atoms with Crippen molar-refractivity contribution >= 4 is 23.4 Å². The van der Waals surface area contributed by atoms with Gasteiger partial charge in [-0.15, -0.1) is 0 Å². The molecule has 6 nitrogen and oxygen atoms in total. The third-order valence-electron chi connectivity index (χ3n) is 5.94. The molecule has 1 heterocycles. The Hall–Kier alpha value is -3.15. The summed E-state index contributed by atoms with van der Waals surface area (Å²) in [4.78, 5) is 42.2. The standard InChI is InChI=1S/C26H33N3O3/c1-17(2)13-24(31)29-15-21-12-7-6-11-20(21)14-22(29)26(32)28(5)16-23(30)27-25-18(3)9-8-10-19(25)4/h6-12,17,22H,13-16H2,1-5H3,(H,27,30). The summed E-state index contributed by atoms with van der Waals surface area (Å²) in [5.41, 5.74) is 4.87. The molecule has 2 aromatic rings. The van der Waals surface area contributed by atoms with Gasteiger partial charge in [0.1, 0.15) is 6.04 Å². The van der Waals surface area contributed by atoms with Crippen LogP contribution >= 0.6 is 0 Å². The highest BCUT2D eigenvalue weighted by Crippen LogP contribution is 2.26. The molecule has 1 aliphatic rings. The highest BCUT2D eigenvalue weighted by atomic mass is 16.2. The Balaban J connectivity index is 1.75. The molecule has 0 bridgehead atoms. The summed E-state index contributed by atoms with van der Waals surface area (Å²) in [7, 11) is 1.62. The predicted molar refractivity (Wildman–Crippen MR) is 126 cm³/mol. The van der Waals surface area contributed by atoms with Crippen LogP contribution in [0.4, 0.5) is 5.69 Å². The molecular weight excluding hydrogens is 402 g/mol. The summed E-state index contributed by atoms with van der Waals surface area (Å²) in [6.07, 6.45) is 0.852. The Labute approximate surface area is 190 Å². The first-order valence-electron chi connectivity index (χ1n) is 11.1. The second-order valence-electron chi connectivity index (χ2n) is 9.12. The second-order valence-corrected chi connectivity index (χ2v) is 9.12. The maximum atomic E-state index is 13.4. The van der Waals surface area contributed by atoms with Gasteiger partial charge in [-0.1, -0.05) is 56.3 Å². The van der Waals surface area contributed by atoms with Crippen LogP contribution in [0.25, 0.3) is 0 Å². The molecule has 0 saturated heterocycles. The van der Waals surface area contributed by atoms with Crippen LogP contribution in [0.2, 0.25) is 0 Å². The predicted octanol–water partition coefficient (Wildman–Crippen LogP) is 3.70. The fourth-order valence-corrected chi connectivity index (χ4v) is 4.21. The number of para-hydroxylation sites is 1. The van der Waals surface area contributed by atoms with E-state index in [0.29, 0.717) is 19.4 Å². The number of hydrogen-bond donors (Lipinski definition) is 1. The van der Waals surface area contributed by atoms with E-state index < -0.39 is 6.04 Å². The minimum atomic E-state index is -0.603. The van der Waals surface area contributed by atoms with Crippen molar-refractivity contribution < 1.29 is 14.4 Å². The SMILES string of the molecule is Cc1cccc(C)c1NC(=O)CN(C)C(=O)C1Cc2ccccc2CN1C(=O)CC(C)C. The summed E-state index contributed by atoms with van der Waals surface area (Å²) < 4.78 is 0. The first kappa shape index (κ1) is 23.5. The van der Waals surface area contributed by atoms with Gasteiger partial charge in [0.15, 0.2) is 0 Å². The zero-order valence-electron chi connectivity index (χ0n) is 19.6. The van der Waals surface area contributed by atoms with Gasteiger partial charge in [0, 0.05) is 32.1 Å². The van der Waals surface area contributed by atoms with E-state index in [1.165, 1.54) is 4.90 Å². The van der Waals surface area contributed by atoms with Gasteiger partial charge in [-0.25, -0.2) is 0 Å². The molecule has 6 heteroatoms. The van der Waals surface area contributed by atoms with E-state index in [-0.39, 0.29) is 30.2 Å². The average molecular weight is 436 g/mol. The monoisotopic (exact) mass is 435 g/mol. The number of hydrogen-bond acceptors (Lipinski definition) is 3. The van der Waals surface area contributed by atoms with E-state index >= 15 is 0 Å². The summed E-state index contributed by atoms with van der Waals surface area (Å²) in [5.74, 6) is -0.291. The number of likely N-dealkylation sites (N-methyl/N-ethyl adjacent to an activating group) is 1. The van der Waals surface area contributed by atoms with Crippen molar-refractivity contribution in [2.75, 3.05) is 18.9 Å². The maximum absolute atomic E-state index is 13.4. The van der Waals surface area contributed by atoms with Crippen LogP contribution < -0.4 is 5.32 Å². The average Bonchev–Trinajstić information content (AvgIpc) is 2.74. The number of rotatable bonds is 6. The number of carbonyl (C=O) groups excluding carboxylic acids is 3.